The maximum Gasteiger partial charge on any atom is 0.0822 e. The summed E-state index contributed by atoms with van der Waals surface area (Å²) in [6.07, 6.45) is 4.14. The Morgan fingerprint density at radius 2 is 1.67 bits per heavy atom. The minimum Gasteiger partial charge on any atom is -0.237 e. The van der Waals surface area contributed by atoms with Gasteiger partial charge in [0, 0.05) is 0 Å². The predicted molar refractivity (Wildman–Crippen MR) is 63.6 cm³/mol. The van der Waals surface area contributed by atoms with E-state index in [9.17, 15) is 5.11 Å². The molecule has 1 radical (unpaired) electrons. The van der Waals surface area contributed by atoms with Crippen LogP contribution in [-0.4, -0.2) is 6.61 Å². The second-order valence-electron chi connectivity index (χ2n) is 4.41. The van der Waals surface area contributed by atoms with E-state index < -0.39 is 0 Å². The van der Waals surface area contributed by atoms with Crippen LogP contribution in [0.3, 0.4) is 0 Å². The van der Waals surface area contributed by atoms with Crippen LogP contribution in [0, 0.1) is 0 Å². The van der Waals surface area contributed by atoms with E-state index in [1.54, 1.807) is 0 Å². The van der Waals surface area contributed by atoms with E-state index in [1.165, 1.54) is 11.1 Å². The predicted octanol–water partition coefficient (Wildman–Crippen LogP) is 3.95. The van der Waals surface area contributed by atoms with Crippen LogP contribution in [0.1, 0.15) is 50.2 Å². The molecule has 1 aromatic rings. The summed E-state index contributed by atoms with van der Waals surface area (Å²) in [5, 5.41) is 10.3. The molecule has 0 aliphatic heterocycles. The van der Waals surface area contributed by atoms with Crippen LogP contribution in [0.2, 0.25) is 0 Å². The zero-order valence-electron chi connectivity index (χ0n) is 9.83. The first-order valence-electron chi connectivity index (χ1n) is 5.91. The lowest BCUT2D eigenvalue weighted by Crippen LogP contribution is -1.90. The summed E-state index contributed by atoms with van der Waals surface area (Å²) in [4.78, 5) is 0. The fourth-order valence-electron chi connectivity index (χ4n) is 1.68. The number of unbranched alkanes of at least 4 members (excludes halogenated alkanes) is 2. The van der Waals surface area contributed by atoms with Gasteiger partial charge >= 0.3 is 0 Å². The molecule has 0 N–H and O–H groups in total. The van der Waals surface area contributed by atoms with Crippen LogP contribution in [0.25, 0.3) is 0 Å². The second-order valence-corrected chi connectivity index (χ2v) is 4.41. The normalized spacial score (nSPS) is 10.9. The average molecular weight is 205 g/mol. The van der Waals surface area contributed by atoms with Gasteiger partial charge in [-0.05, 0) is 36.3 Å². The molecule has 0 aliphatic rings. The monoisotopic (exact) mass is 205 g/mol. The molecule has 0 heterocycles. The Bertz CT molecular complexity index is 261. The Labute approximate surface area is 93.1 Å². The molecule has 83 valence electrons. The minimum atomic E-state index is 0.0757. The molecule has 0 saturated heterocycles. The van der Waals surface area contributed by atoms with Crippen molar-refractivity contribution in [2.75, 3.05) is 6.61 Å². The summed E-state index contributed by atoms with van der Waals surface area (Å²) in [7, 11) is 0. The summed E-state index contributed by atoms with van der Waals surface area (Å²) < 4.78 is 0. The van der Waals surface area contributed by atoms with Gasteiger partial charge in [-0.1, -0.05) is 44.5 Å². The lowest BCUT2D eigenvalue weighted by molar-refractivity contribution is 0.186. The molecule has 0 aromatic heterocycles. The molecule has 0 saturated carbocycles. The fraction of sp³-hybridized carbons (Fsp3) is 0.571. The Kier molecular flexibility index (Phi) is 5.41. The van der Waals surface area contributed by atoms with E-state index in [0.717, 1.165) is 25.7 Å². The Balaban J connectivity index is 2.36. The Morgan fingerprint density at radius 3 is 2.20 bits per heavy atom. The first-order valence-corrected chi connectivity index (χ1v) is 5.91. The average Bonchev–Trinajstić information content (AvgIpc) is 2.25. The number of hydrogen-bond donors (Lipinski definition) is 0. The SMILES string of the molecule is CC(C)c1ccc(CCCCC[O])cc1. The Morgan fingerprint density at radius 1 is 1.00 bits per heavy atom. The van der Waals surface area contributed by atoms with E-state index in [0.29, 0.717) is 5.92 Å². The smallest absolute Gasteiger partial charge is 0.0822 e. The van der Waals surface area contributed by atoms with Gasteiger partial charge in [-0.3, -0.25) is 0 Å². The molecule has 0 spiro atoms. The van der Waals surface area contributed by atoms with Crippen LogP contribution in [0.15, 0.2) is 24.3 Å². The topological polar surface area (TPSA) is 19.9 Å². The molecule has 0 fully saturated rings. The molecule has 15 heavy (non-hydrogen) atoms. The quantitative estimate of drug-likeness (QED) is 0.627. The zero-order valence-corrected chi connectivity index (χ0v) is 9.83. The van der Waals surface area contributed by atoms with Gasteiger partial charge in [0.15, 0.2) is 0 Å². The highest BCUT2D eigenvalue weighted by molar-refractivity contribution is 5.24. The van der Waals surface area contributed by atoms with Gasteiger partial charge in [0.25, 0.3) is 0 Å². The van der Waals surface area contributed by atoms with Crippen molar-refractivity contribution in [3.05, 3.63) is 35.4 Å². The highest BCUT2D eigenvalue weighted by Crippen LogP contribution is 2.15. The summed E-state index contributed by atoms with van der Waals surface area (Å²) in [5.41, 5.74) is 2.80. The molecule has 0 bridgehead atoms. The molecule has 0 aliphatic carbocycles. The minimum absolute atomic E-state index is 0.0757. The van der Waals surface area contributed by atoms with E-state index in [2.05, 4.69) is 38.1 Å². The first kappa shape index (κ1) is 12.3. The van der Waals surface area contributed by atoms with Gasteiger partial charge in [-0.2, -0.15) is 0 Å². The van der Waals surface area contributed by atoms with Crippen molar-refractivity contribution in [1.82, 2.24) is 0 Å². The van der Waals surface area contributed by atoms with Crippen molar-refractivity contribution in [3.63, 3.8) is 0 Å². The molecular formula is C14H21O. The molecule has 1 heteroatoms. The Hall–Kier alpha value is -0.820. The van der Waals surface area contributed by atoms with E-state index in [1.807, 2.05) is 0 Å². The second kappa shape index (κ2) is 6.62. The molecule has 0 amide bonds. The van der Waals surface area contributed by atoms with Crippen LogP contribution < -0.4 is 0 Å². The van der Waals surface area contributed by atoms with Crippen molar-refractivity contribution in [2.24, 2.45) is 0 Å². The van der Waals surface area contributed by atoms with Crippen molar-refractivity contribution < 1.29 is 5.11 Å². The summed E-state index contributed by atoms with van der Waals surface area (Å²) in [6.45, 7) is 4.50. The number of benzene rings is 1. The summed E-state index contributed by atoms with van der Waals surface area (Å²) >= 11 is 0. The molecule has 1 aromatic carbocycles. The summed E-state index contributed by atoms with van der Waals surface area (Å²) in [6, 6.07) is 8.86. The standard InChI is InChI=1S/C14H21O/c1-12(2)14-9-7-13(8-10-14)6-4-3-5-11-15/h7-10,12H,3-6,11H2,1-2H3. The molecule has 1 rings (SSSR count). The van der Waals surface area contributed by atoms with Crippen LogP contribution in [-0.2, 0) is 11.5 Å². The highest BCUT2D eigenvalue weighted by Gasteiger charge is 1.98. The van der Waals surface area contributed by atoms with Crippen molar-refractivity contribution in [1.29, 1.82) is 0 Å². The maximum absolute atomic E-state index is 10.3. The summed E-state index contributed by atoms with van der Waals surface area (Å²) in [5.74, 6) is 0.611. The maximum atomic E-state index is 10.3. The van der Waals surface area contributed by atoms with Gasteiger partial charge in [0.05, 0.1) is 6.61 Å². The van der Waals surface area contributed by atoms with Gasteiger partial charge in [-0.15, -0.1) is 0 Å². The van der Waals surface area contributed by atoms with Crippen LogP contribution in [0.5, 0.6) is 0 Å². The van der Waals surface area contributed by atoms with Crippen molar-refractivity contribution >= 4 is 0 Å². The number of hydrogen-bond acceptors (Lipinski definition) is 0. The van der Waals surface area contributed by atoms with Crippen LogP contribution >= 0.6 is 0 Å². The van der Waals surface area contributed by atoms with E-state index >= 15 is 0 Å². The van der Waals surface area contributed by atoms with E-state index in [4.69, 9.17) is 0 Å². The van der Waals surface area contributed by atoms with Crippen molar-refractivity contribution in [3.8, 4) is 0 Å². The molecule has 1 nitrogen and oxygen atoms in total. The van der Waals surface area contributed by atoms with E-state index in [-0.39, 0.29) is 6.61 Å². The third-order valence-corrected chi connectivity index (χ3v) is 2.76. The third kappa shape index (κ3) is 4.48. The van der Waals surface area contributed by atoms with Gasteiger partial charge in [-0.25, -0.2) is 5.11 Å². The van der Waals surface area contributed by atoms with Gasteiger partial charge < -0.3 is 0 Å². The lowest BCUT2D eigenvalue weighted by Gasteiger charge is -2.06. The lowest BCUT2D eigenvalue weighted by atomic mass is 10.00. The molecule has 0 unspecified atom stereocenters. The van der Waals surface area contributed by atoms with Gasteiger partial charge in [0.2, 0.25) is 0 Å². The third-order valence-electron chi connectivity index (χ3n) is 2.76. The van der Waals surface area contributed by atoms with Crippen molar-refractivity contribution in [2.45, 2.75) is 45.4 Å². The fourth-order valence-corrected chi connectivity index (χ4v) is 1.68. The van der Waals surface area contributed by atoms with Gasteiger partial charge in [0.1, 0.15) is 0 Å². The number of rotatable bonds is 6. The van der Waals surface area contributed by atoms with Crippen LogP contribution in [0.4, 0.5) is 0 Å². The molecule has 0 atom stereocenters. The number of aryl methyl sites for hydroxylation is 1. The molecular weight excluding hydrogens is 184 g/mol. The first-order chi connectivity index (χ1) is 7.24. The highest BCUT2D eigenvalue weighted by atomic mass is 16.2. The zero-order chi connectivity index (χ0) is 11.1. The largest absolute Gasteiger partial charge is 0.237 e.